The van der Waals surface area contributed by atoms with Gasteiger partial charge in [-0.2, -0.15) is 0 Å². The molecule has 2 radical (unpaired) electrons. The maximum atomic E-state index is 10.2. The van der Waals surface area contributed by atoms with Crippen LogP contribution < -0.4 is 29.6 Å². The minimum absolute atomic E-state index is 0. The Balaban J connectivity index is 0.000001000. The molecule has 0 aromatic carbocycles. The summed E-state index contributed by atoms with van der Waals surface area (Å²) in [5.74, 6) is 0.729. The van der Waals surface area contributed by atoms with E-state index < -0.39 is 31.4 Å². The molecular weight excluding hydrogens is 410 g/mol. The van der Waals surface area contributed by atoms with Crippen molar-refractivity contribution in [2.24, 2.45) is 0 Å². The van der Waals surface area contributed by atoms with Crippen LogP contribution in [0.5, 0.6) is 0 Å². The van der Waals surface area contributed by atoms with E-state index in [1.165, 1.54) is 0 Å². The summed E-state index contributed by atoms with van der Waals surface area (Å²) < 4.78 is 30.7. The van der Waals surface area contributed by atoms with Crippen LogP contribution in [-0.2, 0) is 10.1 Å². The van der Waals surface area contributed by atoms with Crippen LogP contribution >= 0.6 is 16.6 Å². The molecular formula is C3H5NaO3PbS3. The average molecular weight is 415 g/mol. The van der Waals surface area contributed by atoms with Crippen LogP contribution in [-0.4, -0.2) is 51.0 Å². The first kappa shape index (κ1) is 13.5. The van der Waals surface area contributed by atoms with Crippen molar-refractivity contribution >= 4 is 48.0 Å². The summed E-state index contributed by atoms with van der Waals surface area (Å²) in [5.41, 5.74) is 0. The van der Waals surface area contributed by atoms with Crippen LogP contribution in [0.1, 0.15) is 0 Å². The Morgan fingerprint density at radius 1 is 1.64 bits per heavy atom. The molecule has 1 rings (SSSR count). The molecule has 1 aliphatic heterocycles. The first-order chi connectivity index (χ1) is 4.58. The Hall–Kier alpha value is 2.53. The van der Waals surface area contributed by atoms with Gasteiger partial charge in [-0.1, -0.05) is 0 Å². The van der Waals surface area contributed by atoms with Crippen LogP contribution in [0.2, 0.25) is 0 Å². The molecule has 3 nitrogen and oxygen atoms in total. The Morgan fingerprint density at radius 2 is 2.27 bits per heavy atom. The van der Waals surface area contributed by atoms with Crippen molar-refractivity contribution in [1.82, 2.24) is 0 Å². The molecule has 0 aliphatic carbocycles. The van der Waals surface area contributed by atoms with Crippen molar-refractivity contribution in [1.29, 1.82) is 0 Å². The zero-order chi connectivity index (χ0) is 7.61. The Morgan fingerprint density at radius 3 is 2.64 bits per heavy atom. The molecule has 11 heavy (non-hydrogen) atoms. The molecule has 0 aromatic heterocycles. The third kappa shape index (κ3) is 6.58. The van der Waals surface area contributed by atoms with Crippen LogP contribution in [0.3, 0.4) is 0 Å². The predicted octanol–water partition coefficient (Wildman–Crippen LogP) is -3.08. The third-order valence-corrected chi connectivity index (χ3v) is 17.6. The fourth-order valence-corrected chi connectivity index (χ4v) is 22.0. The van der Waals surface area contributed by atoms with Gasteiger partial charge in [0.2, 0.25) is 0 Å². The average Bonchev–Trinajstić information content (AvgIpc) is 2.12. The standard InChI is InChI=1S/C3H8O3S3.Na.Pb/c4-9(5,6)2-3(8)1-7;;/h3,7-8H,1-2H2,(H,4,5,6);;/q;+1;+2/p-3. The second kappa shape index (κ2) is 6.10. The third-order valence-electron chi connectivity index (χ3n) is 0.933. The van der Waals surface area contributed by atoms with Gasteiger partial charge in [-0.25, -0.2) is 0 Å². The summed E-state index contributed by atoms with van der Waals surface area (Å²) in [5, 5.41) is 0.121. The fraction of sp³-hybridized carbons (Fsp3) is 1.00. The number of hydrogen-bond donors (Lipinski definition) is 0. The second-order valence-electron chi connectivity index (χ2n) is 1.86. The zero-order valence-electron chi connectivity index (χ0n) is 5.94. The molecule has 1 heterocycles. The molecule has 58 valence electrons. The quantitative estimate of drug-likeness (QED) is 0.354. The monoisotopic (exact) mass is 416 g/mol. The van der Waals surface area contributed by atoms with Gasteiger partial charge in [-0.3, -0.25) is 0 Å². The van der Waals surface area contributed by atoms with E-state index in [1.54, 1.807) is 8.31 Å². The van der Waals surface area contributed by atoms with Gasteiger partial charge < -0.3 is 0 Å². The first-order valence-electron chi connectivity index (χ1n) is 2.54. The summed E-state index contributed by atoms with van der Waals surface area (Å²) in [6.45, 7) is 0. The fourth-order valence-electron chi connectivity index (χ4n) is 0.573. The number of rotatable bonds is 2. The van der Waals surface area contributed by atoms with E-state index in [0.717, 1.165) is 5.75 Å². The first-order valence-corrected chi connectivity index (χ1v) is 15.5. The Labute approximate surface area is 105 Å². The van der Waals surface area contributed by atoms with Crippen molar-refractivity contribution < 1.29 is 42.5 Å². The smallest absolute Gasteiger partial charge is 1.00 e. The maximum absolute atomic E-state index is 10.2. The van der Waals surface area contributed by atoms with Crippen LogP contribution in [0.15, 0.2) is 0 Å². The maximum Gasteiger partial charge on any atom is 1.00 e. The predicted molar refractivity (Wildman–Crippen MR) is 44.2 cm³/mol. The number of hydrogen-bond acceptors (Lipinski definition) is 5. The van der Waals surface area contributed by atoms with E-state index in [9.17, 15) is 13.0 Å². The minimum atomic E-state index is -3.96. The van der Waals surface area contributed by atoms with Gasteiger partial charge in [0.25, 0.3) is 0 Å². The topological polar surface area (TPSA) is 57.2 Å². The molecule has 0 N–H and O–H groups in total. The second-order valence-corrected chi connectivity index (χ2v) is 17.4. The van der Waals surface area contributed by atoms with E-state index in [4.69, 9.17) is 0 Å². The molecule has 0 bridgehead atoms. The van der Waals surface area contributed by atoms with Gasteiger partial charge >= 0.3 is 107 Å². The van der Waals surface area contributed by atoms with Gasteiger partial charge in [0.1, 0.15) is 0 Å². The Bertz CT molecular complexity index is 200. The van der Waals surface area contributed by atoms with Crippen LogP contribution in [0.25, 0.3) is 0 Å². The Kier molecular flexibility index (Phi) is 7.50. The molecule has 0 spiro atoms. The molecule has 1 fully saturated rings. The van der Waals surface area contributed by atoms with E-state index in [2.05, 4.69) is 0 Å². The van der Waals surface area contributed by atoms with Gasteiger partial charge in [-0.05, 0) is 0 Å². The van der Waals surface area contributed by atoms with Crippen molar-refractivity contribution in [3.05, 3.63) is 0 Å². The minimum Gasteiger partial charge on any atom is 1.00 e. The van der Waals surface area contributed by atoms with E-state index in [-0.39, 0.29) is 40.6 Å². The summed E-state index contributed by atoms with van der Waals surface area (Å²) >= 11 is -0.567. The summed E-state index contributed by atoms with van der Waals surface area (Å²) in [7, 11) is -0.336. The largest absolute Gasteiger partial charge is 1.00 e. The molecule has 1 saturated heterocycles. The molecule has 0 aromatic rings. The van der Waals surface area contributed by atoms with Crippen LogP contribution in [0, 0.1) is 0 Å². The summed E-state index contributed by atoms with van der Waals surface area (Å²) in [4.78, 5) is 0. The van der Waals surface area contributed by atoms with Gasteiger partial charge in [0, 0.05) is 0 Å². The van der Waals surface area contributed by atoms with Crippen molar-refractivity contribution in [3.8, 4) is 0 Å². The van der Waals surface area contributed by atoms with Crippen molar-refractivity contribution in [2.45, 2.75) is 5.25 Å². The normalized spacial score (nSPS) is 24.6. The van der Waals surface area contributed by atoms with Gasteiger partial charge in [0.15, 0.2) is 0 Å². The van der Waals surface area contributed by atoms with E-state index >= 15 is 0 Å². The molecule has 1 atom stereocenters. The van der Waals surface area contributed by atoms with Gasteiger partial charge in [0.05, 0.1) is 0 Å². The SMILES string of the molecule is O=S(=O)([O-])CC1C[S][Pb][S]1.[Na+]. The van der Waals surface area contributed by atoms with Crippen LogP contribution in [0.4, 0.5) is 0 Å². The molecule has 1 unspecified atom stereocenters. The summed E-state index contributed by atoms with van der Waals surface area (Å²) in [6, 6.07) is 0. The van der Waals surface area contributed by atoms with Gasteiger partial charge in [-0.15, -0.1) is 0 Å². The van der Waals surface area contributed by atoms with E-state index in [1.807, 2.05) is 8.31 Å². The molecule has 8 heteroatoms. The van der Waals surface area contributed by atoms with Crippen molar-refractivity contribution in [3.63, 3.8) is 0 Å². The van der Waals surface area contributed by atoms with E-state index in [0.29, 0.717) is 0 Å². The van der Waals surface area contributed by atoms with Crippen molar-refractivity contribution in [2.75, 3.05) is 11.5 Å². The summed E-state index contributed by atoms with van der Waals surface area (Å²) in [6.07, 6.45) is 0. The molecule has 0 saturated carbocycles. The molecule has 0 amide bonds. The zero-order valence-corrected chi connectivity index (χ0v) is 14.3. The molecule has 1 aliphatic rings.